The van der Waals surface area contributed by atoms with Gasteiger partial charge in [0, 0.05) is 6.07 Å². The van der Waals surface area contributed by atoms with Crippen LogP contribution in [0.1, 0.15) is 12.7 Å². The molecule has 0 bridgehead atoms. The van der Waals surface area contributed by atoms with E-state index in [0.29, 0.717) is 10.8 Å². The maximum absolute atomic E-state index is 11.8. The summed E-state index contributed by atoms with van der Waals surface area (Å²) in [6.07, 6.45) is 0.646. The predicted octanol–water partition coefficient (Wildman–Crippen LogP) is 4.75. The van der Waals surface area contributed by atoms with Crippen molar-refractivity contribution in [2.75, 3.05) is 0 Å². The molecule has 0 saturated carbocycles. The lowest BCUT2D eigenvalue weighted by atomic mass is 10.3. The van der Waals surface area contributed by atoms with E-state index in [0.717, 1.165) is 0 Å². The summed E-state index contributed by atoms with van der Waals surface area (Å²) in [6.45, 7) is 1.58. The first-order valence-corrected chi connectivity index (χ1v) is 7.11. The van der Waals surface area contributed by atoms with E-state index in [1.807, 2.05) is 0 Å². The Morgan fingerprint density at radius 3 is 2.62 bits per heavy atom. The van der Waals surface area contributed by atoms with Gasteiger partial charge in [-0.05, 0) is 25.1 Å². The summed E-state index contributed by atoms with van der Waals surface area (Å²) in [7, 11) is 0. The molecule has 0 N–H and O–H groups in total. The Bertz CT molecular complexity index is 625. The lowest BCUT2D eigenvalue weighted by Gasteiger charge is -2.15. The van der Waals surface area contributed by atoms with Gasteiger partial charge in [0.2, 0.25) is 0 Å². The Morgan fingerprint density at radius 2 is 1.95 bits per heavy atom. The minimum absolute atomic E-state index is 0.0363. The molecule has 2 aromatic rings. The van der Waals surface area contributed by atoms with Gasteiger partial charge in [-0.2, -0.15) is 0 Å². The SMILES string of the molecule is C[C@@H](Oc1cc(Cl)c(Cl)cc1Cl)C(=O)OCc1ccco1. The van der Waals surface area contributed by atoms with E-state index in [-0.39, 0.29) is 22.4 Å². The second kappa shape index (κ2) is 7.07. The minimum Gasteiger partial charge on any atom is -0.477 e. The third-order valence-corrected chi connectivity index (χ3v) is 3.56. The fourth-order valence-corrected chi connectivity index (χ4v) is 2.07. The van der Waals surface area contributed by atoms with Crippen molar-refractivity contribution in [3.05, 3.63) is 51.4 Å². The number of ether oxygens (including phenoxy) is 2. The fraction of sp³-hybridized carbons (Fsp3) is 0.214. The maximum Gasteiger partial charge on any atom is 0.347 e. The number of carbonyl (C=O) groups is 1. The molecule has 0 amide bonds. The molecule has 0 aliphatic rings. The van der Waals surface area contributed by atoms with Crippen LogP contribution in [0, 0.1) is 0 Å². The number of rotatable bonds is 5. The predicted molar refractivity (Wildman–Crippen MR) is 80.1 cm³/mol. The van der Waals surface area contributed by atoms with E-state index in [4.69, 9.17) is 48.7 Å². The van der Waals surface area contributed by atoms with Crippen molar-refractivity contribution in [2.45, 2.75) is 19.6 Å². The number of hydrogen-bond acceptors (Lipinski definition) is 4. The van der Waals surface area contributed by atoms with Crippen LogP contribution >= 0.6 is 34.8 Å². The summed E-state index contributed by atoms with van der Waals surface area (Å²) in [6, 6.07) is 6.30. The minimum atomic E-state index is -0.852. The van der Waals surface area contributed by atoms with Crippen molar-refractivity contribution in [1.82, 2.24) is 0 Å². The van der Waals surface area contributed by atoms with Crippen LogP contribution in [-0.2, 0) is 16.1 Å². The first kappa shape index (κ1) is 16.0. The van der Waals surface area contributed by atoms with Crippen molar-refractivity contribution in [2.24, 2.45) is 0 Å². The molecule has 1 atom stereocenters. The second-order valence-corrected chi connectivity index (χ2v) is 5.37. The van der Waals surface area contributed by atoms with Crippen LogP contribution in [0.15, 0.2) is 34.9 Å². The zero-order valence-electron chi connectivity index (χ0n) is 10.9. The average molecular weight is 350 g/mol. The van der Waals surface area contributed by atoms with Gasteiger partial charge in [0.05, 0.1) is 21.3 Å². The monoisotopic (exact) mass is 348 g/mol. The summed E-state index contributed by atoms with van der Waals surface area (Å²) in [5, 5.41) is 0.851. The van der Waals surface area contributed by atoms with Gasteiger partial charge in [-0.3, -0.25) is 0 Å². The van der Waals surface area contributed by atoms with Crippen LogP contribution in [-0.4, -0.2) is 12.1 Å². The highest BCUT2D eigenvalue weighted by atomic mass is 35.5. The van der Waals surface area contributed by atoms with Crippen LogP contribution in [0.5, 0.6) is 5.75 Å². The van der Waals surface area contributed by atoms with Crippen LogP contribution < -0.4 is 4.74 Å². The van der Waals surface area contributed by atoms with Gasteiger partial charge < -0.3 is 13.9 Å². The number of benzene rings is 1. The third-order valence-electron chi connectivity index (χ3n) is 2.55. The van der Waals surface area contributed by atoms with E-state index < -0.39 is 12.1 Å². The van der Waals surface area contributed by atoms with Gasteiger partial charge in [-0.1, -0.05) is 34.8 Å². The van der Waals surface area contributed by atoms with Crippen molar-refractivity contribution < 1.29 is 18.7 Å². The van der Waals surface area contributed by atoms with Gasteiger partial charge in [0.25, 0.3) is 0 Å². The molecule has 0 aliphatic heterocycles. The van der Waals surface area contributed by atoms with Crippen LogP contribution in [0.4, 0.5) is 0 Å². The van der Waals surface area contributed by atoms with Gasteiger partial charge in [-0.25, -0.2) is 4.79 Å². The van der Waals surface area contributed by atoms with Crippen molar-refractivity contribution >= 4 is 40.8 Å². The van der Waals surface area contributed by atoms with Crippen molar-refractivity contribution in [3.8, 4) is 5.75 Å². The first-order valence-electron chi connectivity index (χ1n) is 5.97. The standard InChI is InChI=1S/C14H11Cl3O4/c1-8(14(18)20-7-9-3-2-4-19-9)21-13-6-11(16)10(15)5-12(13)17/h2-6,8H,7H2,1H3/t8-/m1/s1. The largest absolute Gasteiger partial charge is 0.477 e. The van der Waals surface area contributed by atoms with Crippen LogP contribution in [0.3, 0.4) is 0 Å². The summed E-state index contributed by atoms with van der Waals surface area (Å²) in [5.41, 5.74) is 0. The number of furan rings is 1. The topological polar surface area (TPSA) is 48.7 Å². The van der Waals surface area contributed by atoms with Crippen molar-refractivity contribution in [3.63, 3.8) is 0 Å². The molecular weight excluding hydrogens is 339 g/mol. The molecule has 1 aromatic carbocycles. The molecule has 21 heavy (non-hydrogen) atoms. The smallest absolute Gasteiger partial charge is 0.347 e. The number of carbonyl (C=O) groups excluding carboxylic acids is 1. The fourth-order valence-electron chi connectivity index (χ4n) is 1.49. The number of halogens is 3. The normalized spacial score (nSPS) is 12.0. The average Bonchev–Trinajstić information content (AvgIpc) is 2.95. The number of esters is 1. The Hall–Kier alpha value is -1.36. The highest BCUT2D eigenvalue weighted by molar-refractivity contribution is 6.43. The Kier molecular flexibility index (Phi) is 5.39. The summed E-state index contributed by atoms with van der Waals surface area (Å²) in [5.74, 6) is 0.255. The molecule has 0 radical (unpaired) electrons. The maximum atomic E-state index is 11.8. The molecule has 2 rings (SSSR count). The first-order chi connectivity index (χ1) is 9.97. The molecular formula is C14H11Cl3O4. The second-order valence-electron chi connectivity index (χ2n) is 4.14. The van der Waals surface area contributed by atoms with Gasteiger partial charge in [0.15, 0.2) is 6.10 Å². The molecule has 0 fully saturated rings. The summed E-state index contributed by atoms with van der Waals surface area (Å²) >= 11 is 17.7. The summed E-state index contributed by atoms with van der Waals surface area (Å²) < 4.78 is 15.5. The zero-order chi connectivity index (χ0) is 15.4. The van der Waals surface area contributed by atoms with Crippen LogP contribution in [0.2, 0.25) is 15.1 Å². The highest BCUT2D eigenvalue weighted by Crippen LogP contribution is 2.34. The molecule has 0 spiro atoms. The third kappa shape index (κ3) is 4.30. The Labute approximate surface area is 136 Å². The number of hydrogen-bond donors (Lipinski definition) is 0. The highest BCUT2D eigenvalue weighted by Gasteiger charge is 2.19. The molecule has 0 unspecified atom stereocenters. The molecule has 4 nitrogen and oxygen atoms in total. The van der Waals surface area contributed by atoms with Gasteiger partial charge in [0.1, 0.15) is 18.1 Å². The molecule has 0 aliphatic carbocycles. The molecule has 1 heterocycles. The molecule has 7 heteroatoms. The van der Waals surface area contributed by atoms with E-state index >= 15 is 0 Å². The van der Waals surface area contributed by atoms with E-state index in [1.165, 1.54) is 18.4 Å². The zero-order valence-corrected chi connectivity index (χ0v) is 13.2. The molecule has 0 saturated heterocycles. The molecule has 112 valence electrons. The quantitative estimate of drug-likeness (QED) is 0.577. The van der Waals surface area contributed by atoms with Gasteiger partial charge >= 0.3 is 5.97 Å². The van der Waals surface area contributed by atoms with E-state index in [9.17, 15) is 4.79 Å². The molecule has 1 aromatic heterocycles. The van der Waals surface area contributed by atoms with Crippen molar-refractivity contribution in [1.29, 1.82) is 0 Å². The lowest BCUT2D eigenvalue weighted by Crippen LogP contribution is -2.26. The summed E-state index contributed by atoms with van der Waals surface area (Å²) in [4.78, 5) is 11.8. The van der Waals surface area contributed by atoms with Gasteiger partial charge in [-0.15, -0.1) is 0 Å². The van der Waals surface area contributed by atoms with E-state index in [2.05, 4.69) is 0 Å². The Morgan fingerprint density at radius 1 is 1.24 bits per heavy atom. The lowest BCUT2D eigenvalue weighted by molar-refractivity contribution is -0.153. The van der Waals surface area contributed by atoms with E-state index in [1.54, 1.807) is 19.1 Å². The Balaban J connectivity index is 1.95. The van der Waals surface area contributed by atoms with Crippen LogP contribution in [0.25, 0.3) is 0 Å².